The van der Waals surface area contributed by atoms with E-state index in [-0.39, 0.29) is 0 Å². The minimum Gasteiger partial charge on any atom is -0.295 e. The van der Waals surface area contributed by atoms with Gasteiger partial charge < -0.3 is 0 Å². The minimum absolute atomic E-state index is 0.940. The lowest BCUT2D eigenvalue weighted by molar-refractivity contribution is 1.20. The Morgan fingerprint density at radius 1 is 0.452 bits per heavy atom. The Hall–Kier alpha value is -5.25. The molecule has 0 fully saturated rings. The summed E-state index contributed by atoms with van der Waals surface area (Å²) in [5.74, 6) is 0.940. The van der Waals surface area contributed by atoms with Crippen LogP contribution in [0.3, 0.4) is 0 Å². The number of fused-ring (bicyclic) bond motifs is 4. The van der Waals surface area contributed by atoms with Crippen molar-refractivity contribution in [2.75, 3.05) is 4.90 Å². The molecule has 0 atom stereocenters. The summed E-state index contributed by atoms with van der Waals surface area (Å²) in [4.78, 5) is 7.31. The maximum atomic E-state index is 5.02. The summed E-state index contributed by atoms with van der Waals surface area (Å²) in [5.41, 5.74) is 6.98. The predicted octanol–water partition coefficient (Wildman–Crippen LogP) is 11.4. The van der Waals surface area contributed by atoms with E-state index in [1.54, 1.807) is 0 Å². The van der Waals surface area contributed by atoms with Crippen LogP contribution in [0.25, 0.3) is 53.2 Å². The molecule has 2 nitrogen and oxygen atoms in total. The lowest BCUT2D eigenvalue weighted by Gasteiger charge is -2.25. The minimum atomic E-state index is 0.940. The summed E-state index contributed by atoms with van der Waals surface area (Å²) in [6.07, 6.45) is 1.93. The maximum Gasteiger partial charge on any atom is 0.146 e. The highest BCUT2D eigenvalue weighted by atomic mass is 32.1. The van der Waals surface area contributed by atoms with Crippen LogP contribution in [-0.2, 0) is 0 Å². The van der Waals surface area contributed by atoms with E-state index in [2.05, 4.69) is 157 Å². The average molecular weight is 555 g/mol. The Kier molecular flexibility index (Phi) is 6.02. The highest BCUT2D eigenvalue weighted by molar-refractivity contribution is 7.25. The molecule has 2 aromatic heterocycles. The van der Waals surface area contributed by atoms with E-state index in [0.717, 1.165) is 17.2 Å². The van der Waals surface area contributed by atoms with Gasteiger partial charge in [-0.1, -0.05) is 115 Å². The van der Waals surface area contributed by atoms with Gasteiger partial charge in [0, 0.05) is 37.7 Å². The van der Waals surface area contributed by atoms with E-state index in [0.29, 0.717) is 0 Å². The Morgan fingerprint density at radius 2 is 1.07 bits per heavy atom. The first-order valence-electron chi connectivity index (χ1n) is 14.1. The van der Waals surface area contributed by atoms with E-state index in [4.69, 9.17) is 4.98 Å². The van der Waals surface area contributed by atoms with Crippen LogP contribution >= 0.6 is 11.3 Å². The Balaban J connectivity index is 1.29. The van der Waals surface area contributed by atoms with Crippen LogP contribution in [0, 0.1) is 0 Å². The first-order valence-corrected chi connectivity index (χ1v) is 15.0. The summed E-state index contributed by atoms with van der Waals surface area (Å²) in [7, 11) is 0. The van der Waals surface area contributed by atoms with Crippen molar-refractivity contribution in [1.82, 2.24) is 4.98 Å². The molecule has 0 N–H and O–H groups in total. The topological polar surface area (TPSA) is 16.1 Å². The summed E-state index contributed by atoms with van der Waals surface area (Å²) < 4.78 is 2.51. The number of thiophene rings is 1. The largest absolute Gasteiger partial charge is 0.295 e. The van der Waals surface area contributed by atoms with E-state index in [9.17, 15) is 0 Å². The summed E-state index contributed by atoms with van der Waals surface area (Å²) in [5, 5.41) is 4.93. The number of hydrogen-bond donors (Lipinski definition) is 0. The molecule has 2 heterocycles. The van der Waals surface area contributed by atoms with E-state index < -0.39 is 0 Å². The maximum absolute atomic E-state index is 5.02. The standard InChI is InChI=1S/C39H26N2S/c1-2-9-27(10-3-1)28-17-21-31(22-18-28)41(39-38-35-14-6-7-16-36(35)42-37(38)25-26-40-39)32-23-19-30(20-24-32)34-15-8-12-29-11-4-5-13-33(29)34/h1-26H. The van der Waals surface area contributed by atoms with E-state index >= 15 is 0 Å². The molecule has 0 amide bonds. The molecule has 6 aromatic carbocycles. The molecule has 0 saturated heterocycles. The van der Waals surface area contributed by atoms with Crippen LogP contribution in [0.15, 0.2) is 158 Å². The smallest absolute Gasteiger partial charge is 0.146 e. The van der Waals surface area contributed by atoms with Crippen molar-refractivity contribution in [2.45, 2.75) is 0 Å². The Bertz CT molecular complexity index is 2170. The molecule has 0 saturated carbocycles. The third kappa shape index (κ3) is 4.23. The molecule has 0 aliphatic rings. The zero-order valence-corrected chi connectivity index (χ0v) is 23.6. The second kappa shape index (κ2) is 10.3. The number of benzene rings is 6. The monoisotopic (exact) mass is 554 g/mol. The first kappa shape index (κ1) is 24.5. The molecule has 0 radical (unpaired) electrons. The van der Waals surface area contributed by atoms with Crippen LogP contribution in [0.1, 0.15) is 0 Å². The quantitative estimate of drug-likeness (QED) is 0.210. The zero-order chi connectivity index (χ0) is 27.9. The lowest BCUT2D eigenvalue weighted by atomic mass is 9.98. The first-order chi connectivity index (χ1) is 20.8. The van der Waals surface area contributed by atoms with Crippen molar-refractivity contribution in [3.05, 3.63) is 158 Å². The number of hydrogen-bond acceptors (Lipinski definition) is 3. The van der Waals surface area contributed by atoms with Crippen LogP contribution in [-0.4, -0.2) is 4.98 Å². The normalized spacial score (nSPS) is 11.3. The molecule has 8 rings (SSSR count). The number of pyridine rings is 1. The highest BCUT2D eigenvalue weighted by Gasteiger charge is 2.20. The molecule has 42 heavy (non-hydrogen) atoms. The molecule has 198 valence electrons. The van der Waals surface area contributed by atoms with Gasteiger partial charge in [-0.25, -0.2) is 4.98 Å². The van der Waals surface area contributed by atoms with Gasteiger partial charge in [-0.15, -0.1) is 11.3 Å². The number of aromatic nitrogens is 1. The van der Waals surface area contributed by atoms with Crippen LogP contribution in [0.2, 0.25) is 0 Å². The number of rotatable bonds is 5. The summed E-state index contributed by atoms with van der Waals surface area (Å²) in [6, 6.07) is 54.1. The fourth-order valence-corrected chi connectivity index (χ4v) is 7.01. The molecule has 0 aliphatic heterocycles. The van der Waals surface area contributed by atoms with Crippen molar-refractivity contribution in [3.63, 3.8) is 0 Å². The molecule has 0 spiro atoms. The van der Waals surface area contributed by atoms with Crippen LogP contribution in [0.5, 0.6) is 0 Å². The summed E-state index contributed by atoms with van der Waals surface area (Å²) in [6.45, 7) is 0. The molecular weight excluding hydrogens is 529 g/mol. The number of anilines is 3. The van der Waals surface area contributed by atoms with Crippen LogP contribution < -0.4 is 4.90 Å². The Labute approximate surface area is 248 Å². The van der Waals surface area contributed by atoms with Gasteiger partial charge in [0.2, 0.25) is 0 Å². The van der Waals surface area contributed by atoms with Gasteiger partial charge in [-0.3, -0.25) is 4.90 Å². The van der Waals surface area contributed by atoms with Crippen molar-refractivity contribution in [2.24, 2.45) is 0 Å². The van der Waals surface area contributed by atoms with Crippen molar-refractivity contribution in [3.8, 4) is 22.3 Å². The van der Waals surface area contributed by atoms with Gasteiger partial charge in [0.25, 0.3) is 0 Å². The van der Waals surface area contributed by atoms with Crippen molar-refractivity contribution in [1.29, 1.82) is 0 Å². The van der Waals surface area contributed by atoms with Gasteiger partial charge >= 0.3 is 0 Å². The second-order valence-corrected chi connectivity index (χ2v) is 11.5. The summed E-state index contributed by atoms with van der Waals surface area (Å²) >= 11 is 1.82. The van der Waals surface area contributed by atoms with Gasteiger partial charge in [-0.05, 0) is 69.4 Å². The highest BCUT2D eigenvalue weighted by Crippen LogP contribution is 2.44. The SMILES string of the molecule is c1ccc(-c2ccc(N(c3ccc(-c4cccc5ccccc45)cc3)c3nccc4sc5ccccc5c34)cc2)cc1. The van der Waals surface area contributed by atoms with Gasteiger partial charge in [0.1, 0.15) is 5.82 Å². The predicted molar refractivity (Wildman–Crippen MR) is 180 cm³/mol. The van der Waals surface area contributed by atoms with Crippen LogP contribution in [0.4, 0.5) is 17.2 Å². The van der Waals surface area contributed by atoms with E-state index in [1.165, 1.54) is 53.2 Å². The van der Waals surface area contributed by atoms with Gasteiger partial charge in [0.05, 0.1) is 0 Å². The van der Waals surface area contributed by atoms with Gasteiger partial charge in [-0.2, -0.15) is 0 Å². The molecule has 0 bridgehead atoms. The Morgan fingerprint density at radius 3 is 1.86 bits per heavy atom. The third-order valence-electron chi connectivity index (χ3n) is 7.94. The fourth-order valence-electron chi connectivity index (χ4n) is 5.92. The van der Waals surface area contributed by atoms with Gasteiger partial charge in [0.15, 0.2) is 0 Å². The fraction of sp³-hybridized carbons (Fsp3) is 0. The molecular formula is C39H26N2S. The molecule has 8 aromatic rings. The second-order valence-electron chi connectivity index (χ2n) is 10.4. The van der Waals surface area contributed by atoms with E-state index in [1.807, 2.05) is 17.5 Å². The third-order valence-corrected chi connectivity index (χ3v) is 9.08. The molecule has 0 unspecified atom stereocenters. The van der Waals surface area contributed by atoms with Crippen molar-refractivity contribution >= 4 is 59.5 Å². The molecule has 3 heteroatoms. The van der Waals surface area contributed by atoms with Crippen molar-refractivity contribution < 1.29 is 0 Å². The zero-order valence-electron chi connectivity index (χ0n) is 22.8. The average Bonchev–Trinajstić information content (AvgIpc) is 3.45. The number of nitrogens with zero attached hydrogens (tertiary/aromatic N) is 2. The lowest BCUT2D eigenvalue weighted by Crippen LogP contribution is -2.11. The molecule has 0 aliphatic carbocycles.